The Hall–Kier alpha value is -1.16. The Morgan fingerprint density at radius 1 is 1.47 bits per heavy atom. The number of aliphatic carboxylic acids is 1. The molecule has 15 heavy (non-hydrogen) atoms. The average molecular weight is 268 g/mol. The largest absolute Gasteiger partial charge is 0.478 e. The molecule has 0 aromatic carbocycles. The van der Waals surface area contributed by atoms with Crippen molar-refractivity contribution < 1.29 is 9.90 Å². The van der Waals surface area contributed by atoms with Gasteiger partial charge < -0.3 is 5.11 Å². The number of aromatic nitrogens is 1. The highest BCUT2D eigenvalue weighted by Crippen LogP contribution is 2.33. The molecule has 4 heteroatoms. The van der Waals surface area contributed by atoms with E-state index < -0.39 is 5.97 Å². The standard InChI is InChI=1S/C11H10BrNO2/c12-10-6-13-5-9-7(4-11(14)15)2-1-3-8(9)10/h4-6H,1-3H2,(H,14,15). The Bertz CT molecular complexity index is 440. The number of pyridine rings is 1. The first kappa shape index (κ1) is 10.4. The molecule has 0 fully saturated rings. The number of fused-ring (bicyclic) bond motifs is 1. The molecule has 3 nitrogen and oxygen atoms in total. The molecule has 0 aliphatic heterocycles. The van der Waals surface area contributed by atoms with E-state index in [4.69, 9.17) is 5.11 Å². The first-order valence-electron chi connectivity index (χ1n) is 4.74. The second kappa shape index (κ2) is 4.14. The van der Waals surface area contributed by atoms with Gasteiger partial charge in [-0.3, -0.25) is 4.98 Å². The number of hydrogen-bond donors (Lipinski definition) is 1. The SMILES string of the molecule is O=C(O)C=C1CCCc2c(Br)cncc21. The van der Waals surface area contributed by atoms with Gasteiger partial charge in [-0.15, -0.1) is 0 Å². The minimum absolute atomic E-state index is 0.817. The minimum atomic E-state index is -0.891. The molecule has 1 aromatic heterocycles. The van der Waals surface area contributed by atoms with Gasteiger partial charge in [0.2, 0.25) is 0 Å². The second-order valence-electron chi connectivity index (χ2n) is 3.51. The fraction of sp³-hybridized carbons (Fsp3) is 0.273. The van der Waals surface area contributed by atoms with E-state index in [1.807, 2.05) is 0 Å². The van der Waals surface area contributed by atoms with Gasteiger partial charge in [0.1, 0.15) is 0 Å². The number of carboxylic acid groups (broad SMARTS) is 1. The summed E-state index contributed by atoms with van der Waals surface area (Å²) in [6.07, 6.45) is 7.57. The van der Waals surface area contributed by atoms with Crippen molar-refractivity contribution in [2.45, 2.75) is 19.3 Å². The van der Waals surface area contributed by atoms with Gasteiger partial charge in [-0.05, 0) is 46.3 Å². The Morgan fingerprint density at radius 3 is 3.00 bits per heavy atom. The minimum Gasteiger partial charge on any atom is -0.478 e. The van der Waals surface area contributed by atoms with E-state index in [0.717, 1.165) is 34.9 Å². The molecular formula is C11H10BrNO2. The lowest BCUT2D eigenvalue weighted by Crippen LogP contribution is -2.05. The molecular weight excluding hydrogens is 258 g/mol. The molecule has 2 rings (SSSR count). The van der Waals surface area contributed by atoms with Gasteiger partial charge in [0.25, 0.3) is 0 Å². The van der Waals surface area contributed by atoms with Gasteiger partial charge in [0.05, 0.1) is 0 Å². The number of hydrogen-bond acceptors (Lipinski definition) is 2. The quantitative estimate of drug-likeness (QED) is 0.796. The Labute approximate surface area is 96.0 Å². The van der Waals surface area contributed by atoms with E-state index in [9.17, 15) is 4.79 Å². The Balaban J connectivity index is 2.52. The van der Waals surface area contributed by atoms with Crippen LogP contribution in [-0.2, 0) is 11.2 Å². The van der Waals surface area contributed by atoms with Gasteiger partial charge in [-0.25, -0.2) is 4.79 Å². The van der Waals surface area contributed by atoms with Crippen molar-refractivity contribution in [1.29, 1.82) is 0 Å². The molecule has 0 saturated carbocycles. The van der Waals surface area contributed by atoms with Crippen molar-refractivity contribution in [2.24, 2.45) is 0 Å². The smallest absolute Gasteiger partial charge is 0.328 e. The molecule has 0 bridgehead atoms. The predicted octanol–water partition coefficient (Wildman–Crippen LogP) is 2.65. The first-order valence-corrected chi connectivity index (χ1v) is 5.54. The normalized spacial score (nSPS) is 17.5. The van der Waals surface area contributed by atoms with Crippen LogP contribution in [0, 0.1) is 0 Å². The summed E-state index contributed by atoms with van der Waals surface area (Å²) >= 11 is 3.44. The summed E-state index contributed by atoms with van der Waals surface area (Å²) in [4.78, 5) is 14.7. The van der Waals surface area contributed by atoms with Crippen LogP contribution in [0.25, 0.3) is 5.57 Å². The number of rotatable bonds is 1. The summed E-state index contributed by atoms with van der Waals surface area (Å²) in [6, 6.07) is 0. The number of carbonyl (C=O) groups is 1. The molecule has 0 atom stereocenters. The van der Waals surface area contributed by atoms with E-state index in [2.05, 4.69) is 20.9 Å². The van der Waals surface area contributed by atoms with E-state index in [1.54, 1.807) is 12.4 Å². The van der Waals surface area contributed by atoms with Crippen molar-refractivity contribution in [3.05, 3.63) is 34.1 Å². The van der Waals surface area contributed by atoms with Gasteiger partial charge in [0, 0.05) is 28.5 Å². The van der Waals surface area contributed by atoms with Gasteiger partial charge >= 0.3 is 5.97 Å². The maximum absolute atomic E-state index is 10.7. The molecule has 1 aliphatic carbocycles. The van der Waals surface area contributed by atoms with E-state index in [0.29, 0.717) is 0 Å². The van der Waals surface area contributed by atoms with Gasteiger partial charge in [-0.1, -0.05) is 0 Å². The highest BCUT2D eigenvalue weighted by Gasteiger charge is 2.17. The maximum atomic E-state index is 10.7. The lowest BCUT2D eigenvalue weighted by atomic mass is 9.89. The van der Waals surface area contributed by atoms with Gasteiger partial charge in [0.15, 0.2) is 0 Å². The lowest BCUT2D eigenvalue weighted by molar-refractivity contribution is -0.131. The maximum Gasteiger partial charge on any atom is 0.328 e. The number of allylic oxidation sites excluding steroid dienone is 1. The van der Waals surface area contributed by atoms with Crippen molar-refractivity contribution >= 4 is 27.5 Å². The van der Waals surface area contributed by atoms with Crippen LogP contribution in [0.2, 0.25) is 0 Å². The van der Waals surface area contributed by atoms with Crippen molar-refractivity contribution in [1.82, 2.24) is 4.98 Å². The van der Waals surface area contributed by atoms with Crippen molar-refractivity contribution in [3.63, 3.8) is 0 Å². The van der Waals surface area contributed by atoms with Crippen LogP contribution in [0.3, 0.4) is 0 Å². The van der Waals surface area contributed by atoms with Crippen LogP contribution >= 0.6 is 15.9 Å². The highest BCUT2D eigenvalue weighted by molar-refractivity contribution is 9.10. The third kappa shape index (κ3) is 2.09. The zero-order chi connectivity index (χ0) is 10.8. The monoisotopic (exact) mass is 267 g/mol. The third-order valence-corrected chi connectivity index (χ3v) is 3.20. The highest BCUT2D eigenvalue weighted by atomic mass is 79.9. The predicted molar refractivity (Wildman–Crippen MR) is 60.5 cm³/mol. The van der Waals surface area contributed by atoms with Crippen LogP contribution in [0.15, 0.2) is 22.9 Å². The van der Waals surface area contributed by atoms with E-state index in [-0.39, 0.29) is 0 Å². The first-order chi connectivity index (χ1) is 7.18. The number of carboxylic acids is 1. The summed E-state index contributed by atoms with van der Waals surface area (Å²) in [5.74, 6) is -0.891. The molecule has 1 aliphatic rings. The van der Waals surface area contributed by atoms with Crippen LogP contribution in [0.4, 0.5) is 0 Å². The molecule has 0 unspecified atom stereocenters. The molecule has 0 radical (unpaired) electrons. The fourth-order valence-corrected chi connectivity index (χ4v) is 2.41. The van der Waals surface area contributed by atoms with Crippen LogP contribution in [-0.4, -0.2) is 16.1 Å². The summed E-state index contributed by atoms with van der Waals surface area (Å²) in [7, 11) is 0. The van der Waals surface area contributed by atoms with Crippen LogP contribution in [0.1, 0.15) is 24.0 Å². The number of nitrogens with zero attached hydrogens (tertiary/aromatic N) is 1. The molecule has 1 heterocycles. The molecule has 0 spiro atoms. The molecule has 1 N–H and O–H groups in total. The summed E-state index contributed by atoms with van der Waals surface area (Å²) in [5, 5.41) is 8.75. The van der Waals surface area contributed by atoms with E-state index >= 15 is 0 Å². The summed E-state index contributed by atoms with van der Waals surface area (Å²) < 4.78 is 0.969. The van der Waals surface area contributed by atoms with E-state index in [1.165, 1.54) is 11.6 Å². The average Bonchev–Trinajstić information content (AvgIpc) is 2.19. The summed E-state index contributed by atoms with van der Waals surface area (Å²) in [6.45, 7) is 0. The van der Waals surface area contributed by atoms with Gasteiger partial charge in [-0.2, -0.15) is 0 Å². The van der Waals surface area contributed by atoms with Crippen molar-refractivity contribution in [2.75, 3.05) is 0 Å². The van der Waals surface area contributed by atoms with Crippen LogP contribution in [0.5, 0.6) is 0 Å². The topological polar surface area (TPSA) is 50.2 Å². The molecule has 0 saturated heterocycles. The zero-order valence-electron chi connectivity index (χ0n) is 8.03. The molecule has 78 valence electrons. The van der Waals surface area contributed by atoms with Crippen molar-refractivity contribution in [3.8, 4) is 0 Å². The Morgan fingerprint density at radius 2 is 2.27 bits per heavy atom. The summed E-state index contributed by atoms with van der Waals surface area (Å²) in [5.41, 5.74) is 3.01. The zero-order valence-corrected chi connectivity index (χ0v) is 9.62. The molecule has 0 amide bonds. The fourth-order valence-electron chi connectivity index (χ4n) is 1.88. The Kier molecular flexibility index (Phi) is 2.86. The number of halogens is 1. The molecule has 1 aromatic rings. The lowest BCUT2D eigenvalue weighted by Gasteiger charge is -2.19. The second-order valence-corrected chi connectivity index (χ2v) is 4.36. The van der Waals surface area contributed by atoms with Crippen LogP contribution < -0.4 is 0 Å². The third-order valence-electron chi connectivity index (χ3n) is 2.52.